The fraction of sp³-hybridized carbons (Fsp3) is 0.176. The van der Waals surface area contributed by atoms with Gasteiger partial charge in [-0.25, -0.2) is 0 Å². The van der Waals surface area contributed by atoms with E-state index in [1.54, 1.807) is 30.3 Å². The zero-order chi connectivity index (χ0) is 37.7. The third-order valence-electron chi connectivity index (χ3n) is 7.62. The summed E-state index contributed by atoms with van der Waals surface area (Å²) in [5, 5.41) is 53.0. The number of hydrogen-bond acceptors (Lipinski definition) is 10. The van der Waals surface area contributed by atoms with E-state index in [0.717, 1.165) is 11.1 Å². The van der Waals surface area contributed by atoms with Gasteiger partial charge in [-0.15, -0.1) is 0 Å². The second-order valence-corrected chi connectivity index (χ2v) is 16.4. The van der Waals surface area contributed by atoms with Crippen molar-refractivity contribution in [3.05, 3.63) is 97.6 Å². The van der Waals surface area contributed by atoms with Gasteiger partial charge in [-0.1, -0.05) is 10.3 Å². The number of aromatic hydroxyl groups is 2. The van der Waals surface area contributed by atoms with E-state index in [-0.39, 0.29) is 70.6 Å². The quantitative estimate of drug-likeness (QED) is 0.0745. The van der Waals surface area contributed by atoms with Crippen molar-refractivity contribution in [3.63, 3.8) is 0 Å². The van der Waals surface area contributed by atoms with Gasteiger partial charge < -0.3 is 40.7 Å². The number of oxime groups is 2. The monoisotopic (exact) mass is 1090 g/mol. The average molecular weight is 1100 g/mol. The molecule has 2 amide bonds. The molecule has 4 heterocycles. The van der Waals surface area contributed by atoms with Crippen LogP contribution >= 0.6 is 95.6 Å². The molecule has 8 bridgehead atoms. The molecule has 0 fully saturated rings. The van der Waals surface area contributed by atoms with Crippen LogP contribution in [0.1, 0.15) is 22.3 Å². The third-order valence-corrected chi connectivity index (χ3v) is 11.2. The Morgan fingerprint density at radius 2 is 0.846 bits per heavy atom. The van der Waals surface area contributed by atoms with Crippen molar-refractivity contribution < 1.29 is 39.7 Å². The van der Waals surface area contributed by atoms with E-state index >= 15 is 0 Å². The molecule has 6 N–H and O–H groups in total. The summed E-state index contributed by atoms with van der Waals surface area (Å²) in [6, 6.07) is 13.4. The van der Waals surface area contributed by atoms with E-state index < -0.39 is 11.8 Å². The fourth-order valence-corrected chi connectivity index (χ4v) is 8.96. The Kier molecular flexibility index (Phi) is 13.7. The normalized spacial score (nSPS) is 16.1. The van der Waals surface area contributed by atoms with Crippen LogP contribution in [0.5, 0.6) is 34.5 Å². The first kappa shape index (κ1) is 40.0. The van der Waals surface area contributed by atoms with E-state index in [4.69, 9.17) is 9.47 Å². The number of rotatable bonds is 0. The van der Waals surface area contributed by atoms with Gasteiger partial charge >= 0.3 is 0 Å². The number of phenols is 2. The Labute approximate surface area is 347 Å². The van der Waals surface area contributed by atoms with Gasteiger partial charge in [0.25, 0.3) is 11.8 Å². The predicted octanol–water partition coefficient (Wildman–Crippen LogP) is 9.03. The summed E-state index contributed by atoms with van der Waals surface area (Å²) in [6.45, 7) is 0.387. The number of phenolic OH excluding ortho intramolecular Hbond substituents is 2. The number of carbonyl (C=O) groups excluding carboxylic acids is 2. The maximum Gasteiger partial charge on any atom is 0.269 e. The number of halogens is 6. The van der Waals surface area contributed by atoms with Crippen molar-refractivity contribution in [2.75, 3.05) is 13.1 Å². The highest BCUT2D eigenvalue weighted by Gasteiger charge is 2.21. The van der Waals surface area contributed by atoms with Gasteiger partial charge in [0.1, 0.15) is 11.4 Å². The first-order valence-corrected chi connectivity index (χ1v) is 19.9. The Morgan fingerprint density at radius 1 is 0.519 bits per heavy atom. The fourth-order valence-electron chi connectivity index (χ4n) is 5.10. The molecule has 8 rings (SSSR count). The minimum Gasteiger partial charge on any atom is -0.503 e. The zero-order valence-electron chi connectivity index (χ0n) is 26.4. The molecule has 4 aromatic carbocycles. The lowest BCUT2D eigenvalue weighted by molar-refractivity contribution is -0.115. The van der Waals surface area contributed by atoms with Gasteiger partial charge in [0.15, 0.2) is 34.5 Å². The highest BCUT2D eigenvalue weighted by molar-refractivity contribution is 9.11. The molecule has 0 saturated carbocycles. The highest BCUT2D eigenvalue weighted by Crippen LogP contribution is 2.45. The molecule has 4 aliphatic heterocycles. The first-order chi connectivity index (χ1) is 24.8. The summed E-state index contributed by atoms with van der Waals surface area (Å²) >= 11 is 20.7. The van der Waals surface area contributed by atoms with Gasteiger partial charge in [-0.05, 0) is 179 Å². The van der Waals surface area contributed by atoms with Crippen LogP contribution in [0.25, 0.3) is 0 Å². The van der Waals surface area contributed by atoms with Gasteiger partial charge in [-0.2, -0.15) is 0 Å². The van der Waals surface area contributed by atoms with E-state index in [0.29, 0.717) is 52.1 Å². The van der Waals surface area contributed by atoms with Crippen molar-refractivity contribution in [1.29, 1.82) is 0 Å². The zero-order valence-corrected chi connectivity index (χ0v) is 36.0. The molecule has 0 aromatic heterocycles. The van der Waals surface area contributed by atoms with Crippen molar-refractivity contribution in [1.82, 2.24) is 10.6 Å². The first-order valence-electron chi connectivity index (χ1n) is 15.1. The SMILES string of the molecule is O=C1NCCc2cc(Br)c(O)c(c2)Oc2c(Br)cc(cc2Br)CCNC(=O)/C(=N/O)Cc2cc(Br)c(O)c(c2)Oc2c(Br)cc(cc2Br)C/C1=N\O. The maximum atomic E-state index is 13.0. The summed E-state index contributed by atoms with van der Waals surface area (Å²) in [6.07, 6.45) is 0.622. The lowest BCUT2D eigenvalue weighted by Crippen LogP contribution is -2.33. The van der Waals surface area contributed by atoms with E-state index in [1.807, 2.05) is 12.1 Å². The number of amides is 2. The molecule has 18 heteroatoms. The van der Waals surface area contributed by atoms with E-state index in [1.165, 1.54) is 6.07 Å². The van der Waals surface area contributed by atoms with Crippen molar-refractivity contribution in [2.45, 2.75) is 25.7 Å². The number of carbonyl (C=O) groups is 2. The number of hydrogen-bond donors (Lipinski definition) is 6. The Balaban J connectivity index is 1.49. The predicted molar refractivity (Wildman–Crippen MR) is 215 cm³/mol. The second-order valence-electron chi connectivity index (χ2n) is 11.3. The summed E-state index contributed by atoms with van der Waals surface area (Å²) in [5.41, 5.74) is 2.32. The van der Waals surface area contributed by atoms with Crippen LogP contribution in [0, 0.1) is 0 Å². The molecule has 0 unspecified atom stereocenters. The van der Waals surface area contributed by atoms with Crippen molar-refractivity contribution in [2.24, 2.45) is 10.3 Å². The molecule has 0 saturated heterocycles. The average Bonchev–Trinajstić information content (AvgIpc) is 3.09. The van der Waals surface area contributed by atoms with Crippen LogP contribution in [0.2, 0.25) is 0 Å². The Morgan fingerprint density at radius 3 is 1.27 bits per heavy atom. The minimum atomic E-state index is -0.595. The van der Waals surface area contributed by atoms with Gasteiger partial charge in [-0.3, -0.25) is 9.59 Å². The Bertz CT molecular complexity index is 2080. The van der Waals surface area contributed by atoms with Crippen LogP contribution in [0.15, 0.2) is 85.7 Å². The minimum absolute atomic E-state index is 0.0390. The van der Waals surface area contributed by atoms with Gasteiger partial charge in [0, 0.05) is 25.9 Å². The Hall–Kier alpha value is -3.16. The molecule has 0 aliphatic carbocycles. The van der Waals surface area contributed by atoms with Crippen LogP contribution in [0.3, 0.4) is 0 Å². The highest BCUT2D eigenvalue weighted by atomic mass is 79.9. The molecule has 12 nitrogen and oxygen atoms in total. The molecule has 272 valence electrons. The van der Waals surface area contributed by atoms with E-state index in [9.17, 15) is 30.2 Å². The smallest absolute Gasteiger partial charge is 0.269 e. The molecular weight excluding hydrogens is 1070 g/mol. The number of nitrogens with zero attached hydrogens (tertiary/aromatic N) is 2. The molecule has 0 radical (unpaired) electrons. The lowest BCUT2D eigenvalue weighted by Gasteiger charge is -2.16. The van der Waals surface area contributed by atoms with Crippen LogP contribution in [0.4, 0.5) is 0 Å². The number of ether oxygens (including phenoxy) is 2. The summed E-state index contributed by atoms with van der Waals surface area (Å²) in [4.78, 5) is 26.1. The van der Waals surface area contributed by atoms with Crippen LogP contribution in [-0.2, 0) is 35.3 Å². The largest absolute Gasteiger partial charge is 0.503 e. The standard InChI is InChI=1S/C34H26Br6N4O8/c35-19-5-16-2-4-42-33(47)25(43-49)11-17-9-23(39)32(24(40)10-17)52-28-14-18(8-20(36)30(28)46)12-26(44-50)34(48)41-3-1-15-6-21(37)31(22(38)7-15)51-27(13-16)29(19)45/h5-10,13-14,45-46,49-50H,1-4,11-12H2,(H,41,48)(H,42,47)/b43-25+,44-26+. The van der Waals surface area contributed by atoms with Crippen molar-refractivity contribution >= 4 is 119 Å². The van der Waals surface area contributed by atoms with Gasteiger partial charge in [0.2, 0.25) is 0 Å². The summed E-state index contributed by atoms with van der Waals surface area (Å²) in [5.74, 6) is -0.646. The molecule has 4 aliphatic rings. The molecule has 0 atom stereocenters. The number of nitrogens with one attached hydrogen (secondary N) is 2. The van der Waals surface area contributed by atoms with Crippen LogP contribution < -0.4 is 20.1 Å². The summed E-state index contributed by atoms with van der Waals surface area (Å²) in [7, 11) is 0. The van der Waals surface area contributed by atoms with Gasteiger partial charge in [0.05, 0.1) is 26.8 Å². The molecule has 0 spiro atoms. The number of benzene rings is 4. The van der Waals surface area contributed by atoms with E-state index in [2.05, 4.69) is 117 Å². The molecule has 4 aromatic rings. The lowest BCUT2D eigenvalue weighted by atomic mass is 10.1. The molecule has 52 heavy (non-hydrogen) atoms. The van der Waals surface area contributed by atoms with Crippen molar-refractivity contribution in [3.8, 4) is 34.5 Å². The topological polar surface area (TPSA) is 182 Å². The summed E-state index contributed by atoms with van der Waals surface area (Å²) < 4.78 is 14.9. The second kappa shape index (κ2) is 17.8. The third kappa shape index (κ3) is 9.68. The maximum absolute atomic E-state index is 13.0. The molecular formula is C34H26Br6N4O8. The van der Waals surface area contributed by atoms with Crippen LogP contribution in [-0.4, -0.2) is 57.0 Å².